The number of hydrogen-bond donors (Lipinski definition) is 0. The second-order valence-electron chi connectivity index (χ2n) is 11.2. The van der Waals surface area contributed by atoms with Crippen molar-refractivity contribution in [1.82, 2.24) is 19.6 Å². The Balaban J connectivity index is 1.24. The van der Waals surface area contributed by atoms with Crippen LogP contribution in [0.2, 0.25) is 0 Å². The lowest BCUT2D eigenvalue weighted by Gasteiger charge is -2.36. The number of aryl methyl sites for hydroxylation is 1. The highest BCUT2D eigenvalue weighted by Crippen LogP contribution is 2.40. The molecule has 1 unspecified atom stereocenters. The Morgan fingerprint density at radius 2 is 1.38 bits per heavy atom. The fraction of sp³-hybridized carbons (Fsp3) is 0.727. The van der Waals surface area contributed by atoms with Crippen molar-refractivity contribution in [3.63, 3.8) is 0 Å². The zero-order valence-electron chi connectivity index (χ0n) is 20.3. The summed E-state index contributed by atoms with van der Waals surface area (Å²) in [5, 5.41) is 9.04. The summed E-state index contributed by atoms with van der Waals surface area (Å²) in [6.07, 6.45) is 10.9. The van der Waals surface area contributed by atoms with Crippen LogP contribution in [0.25, 0.3) is 0 Å². The third-order valence-corrected chi connectivity index (χ3v) is 7.85. The Hall–Kier alpha value is -1.61. The first-order valence-electron chi connectivity index (χ1n) is 11.7. The molecule has 0 amide bonds. The molecule has 2 aliphatic heterocycles. The molecule has 8 nitrogen and oxygen atoms in total. The number of nitrogens with zero attached hydrogens (tertiary/aromatic N) is 4. The van der Waals surface area contributed by atoms with E-state index in [4.69, 9.17) is 18.6 Å². The van der Waals surface area contributed by atoms with Crippen molar-refractivity contribution in [3.05, 3.63) is 24.8 Å². The standard InChI is InChI=1S/C22H34B2N4O4/c1-19(2)20(3,4)30-23(29-19)16-12-25-27(14-16)11-10-22(7)21(5,6)31-24(32-22)17-13-26-28(15-17)18-8-9-18/h12-15,18H,8-11H2,1-7H3. The van der Waals surface area contributed by atoms with Gasteiger partial charge in [0.1, 0.15) is 0 Å². The summed E-state index contributed by atoms with van der Waals surface area (Å²) in [7, 11) is -0.806. The second kappa shape index (κ2) is 7.19. The smallest absolute Gasteiger partial charge is 0.399 e. The molecule has 172 valence electrons. The van der Waals surface area contributed by atoms with Crippen LogP contribution in [-0.2, 0) is 25.2 Å². The average Bonchev–Trinajstić information content (AvgIpc) is 3.06. The van der Waals surface area contributed by atoms with Gasteiger partial charge in [0.25, 0.3) is 0 Å². The Kier molecular flexibility index (Phi) is 4.99. The fourth-order valence-electron chi connectivity index (χ4n) is 4.23. The summed E-state index contributed by atoms with van der Waals surface area (Å²) in [5.74, 6) is 0. The van der Waals surface area contributed by atoms with Crippen LogP contribution in [0.15, 0.2) is 24.8 Å². The molecule has 3 aliphatic rings. The molecule has 0 bridgehead atoms. The van der Waals surface area contributed by atoms with Crippen molar-refractivity contribution in [3.8, 4) is 0 Å². The van der Waals surface area contributed by atoms with Gasteiger partial charge in [-0.05, 0) is 67.7 Å². The van der Waals surface area contributed by atoms with Gasteiger partial charge in [-0.2, -0.15) is 10.2 Å². The summed E-state index contributed by atoms with van der Waals surface area (Å²) in [4.78, 5) is 0. The second-order valence-corrected chi connectivity index (χ2v) is 11.2. The van der Waals surface area contributed by atoms with E-state index in [1.165, 1.54) is 12.8 Å². The van der Waals surface area contributed by atoms with Gasteiger partial charge in [-0.15, -0.1) is 0 Å². The Bertz CT molecular complexity index is 984. The van der Waals surface area contributed by atoms with E-state index in [1.54, 1.807) is 0 Å². The summed E-state index contributed by atoms with van der Waals surface area (Å²) in [5.41, 5.74) is 0.276. The van der Waals surface area contributed by atoms with Crippen LogP contribution >= 0.6 is 0 Å². The van der Waals surface area contributed by atoms with E-state index < -0.39 is 25.4 Å². The van der Waals surface area contributed by atoms with Crippen LogP contribution in [0.3, 0.4) is 0 Å². The van der Waals surface area contributed by atoms with Crippen LogP contribution in [0.4, 0.5) is 0 Å². The zero-order valence-corrected chi connectivity index (χ0v) is 20.3. The molecule has 32 heavy (non-hydrogen) atoms. The molecule has 0 aromatic carbocycles. The normalized spacial score (nSPS) is 28.6. The van der Waals surface area contributed by atoms with E-state index in [0.29, 0.717) is 12.6 Å². The third kappa shape index (κ3) is 3.75. The Labute approximate surface area is 191 Å². The van der Waals surface area contributed by atoms with Crippen molar-refractivity contribution in [2.45, 2.75) is 103 Å². The molecular formula is C22H34B2N4O4. The molecule has 2 aromatic rings. The van der Waals surface area contributed by atoms with Crippen LogP contribution in [0.1, 0.15) is 73.8 Å². The van der Waals surface area contributed by atoms with Crippen LogP contribution in [0.5, 0.6) is 0 Å². The summed E-state index contributed by atoms with van der Waals surface area (Å²) in [6.45, 7) is 15.2. The molecule has 0 N–H and O–H groups in total. The van der Waals surface area contributed by atoms with Gasteiger partial charge in [0.2, 0.25) is 0 Å². The van der Waals surface area contributed by atoms with E-state index in [9.17, 15) is 0 Å². The zero-order chi connectivity index (χ0) is 22.9. The molecule has 1 saturated carbocycles. The van der Waals surface area contributed by atoms with E-state index in [2.05, 4.69) is 64.9 Å². The maximum Gasteiger partial charge on any atom is 0.498 e. The lowest BCUT2D eigenvalue weighted by Crippen LogP contribution is -2.45. The maximum atomic E-state index is 6.48. The van der Waals surface area contributed by atoms with Crippen molar-refractivity contribution < 1.29 is 18.6 Å². The summed E-state index contributed by atoms with van der Waals surface area (Å²) in [6, 6.07) is 0.544. The van der Waals surface area contributed by atoms with Crippen molar-refractivity contribution >= 4 is 25.2 Å². The predicted molar refractivity (Wildman–Crippen MR) is 123 cm³/mol. The molecule has 0 radical (unpaired) electrons. The minimum Gasteiger partial charge on any atom is -0.399 e. The van der Waals surface area contributed by atoms with Gasteiger partial charge in [-0.1, -0.05) is 0 Å². The molecule has 1 aliphatic carbocycles. The third-order valence-electron chi connectivity index (χ3n) is 7.85. The monoisotopic (exact) mass is 440 g/mol. The first-order chi connectivity index (χ1) is 14.9. The topological polar surface area (TPSA) is 72.6 Å². The summed E-state index contributed by atoms with van der Waals surface area (Å²) < 4.78 is 29.1. The van der Waals surface area contributed by atoms with Gasteiger partial charge in [0, 0.05) is 42.3 Å². The van der Waals surface area contributed by atoms with Gasteiger partial charge in [0.05, 0.1) is 28.4 Å². The van der Waals surface area contributed by atoms with Crippen molar-refractivity contribution in [2.24, 2.45) is 0 Å². The van der Waals surface area contributed by atoms with E-state index in [-0.39, 0.29) is 11.2 Å². The predicted octanol–water partition coefficient (Wildman–Crippen LogP) is 2.08. The number of hydrogen-bond acceptors (Lipinski definition) is 6. The molecule has 3 fully saturated rings. The lowest BCUT2D eigenvalue weighted by atomic mass is 9.81. The number of rotatable bonds is 6. The SMILES string of the molecule is CC1(C)OB(c2cnn(CCC3(C)OB(c4cnn(C5CC5)c4)OC3(C)C)c2)OC1(C)C. The lowest BCUT2D eigenvalue weighted by molar-refractivity contribution is -0.0189. The average molecular weight is 440 g/mol. The first kappa shape index (κ1) is 22.2. The van der Waals surface area contributed by atoms with Gasteiger partial charge in [-0.3, -0.25) is 9.36 Å². The van der Waals surface area contributed by atoms with Crippen LogP contribution in [-0.4, -0.2) is 56.2 Å². The molecule has 5 rings (SSSR count). The highest BCUT2D eigenvalue weighted by Gasteiger charge is 2.55. The Morgan fingerprint density at radius 3 is 2.03 bits per heavy atom. The molecule has 2 saturated heterocycles. The fourth-order valence-corrected chi connectivity index (χ4v) is 4.23. The molecule has 0 spiro atoms. The molecule has 2 aromatic heterocycles. The van der Waals surface area contributed by atoms with Gasteiger partial charge in [-0.25, -0.2) is 0 Å². The Morgan fingerprint density at radius 1 is 0.812 bits per heavy atom. The van der Waals surface area contributed by atoms with Crippen molar-refractivity contribution in [1.29, 1.82) is 0 Å². The number of aromatic nitrogens is 4. The minimum atomic E-state index is -0.462. The van der Waals surface area contributed by atoms with Crippen LogP contribution in [0, 0.1) is 0 Å². The first-order valence-corrected chi connectivity index (χ1v) is 11.7. The van der Waals surface area contributed by atoms with E-state index in [1.807, 2.05) is 28.0 Å². The molecular weight excluding hydrogens is 406 g/mol. The largest absolute Gasteiger partial charge is 0.498 e. The maximum absolute atomic E-state index is 6.48. The van der Waals surface area contributed by atoms with Gasteiger partial charge < -0.3 is 18.6 Å². The van der Waals surface area contributed by atoms with Crippen molar-refractivity contribution in [2.75, 3.05) is 0 Å². The van der Waals surface area contributed by atoms with E-state index >= 15 is 0 Å². The quantitative estimate of drug-likeness (QED) is 0.641. The highest BCUT2D eigenvalue weighted by atomic mass is 16.7. The van der Waals surface area contributed by atoms with Gasteiger partial charge in [0.15, 0.2) is 0 Å². The van der Waals surface area contributed by atoms with E-state index in [0.717, 1.165) is 17.3 Å². The minimum absolute atomic E-state index is 0.366. The highest BCUT2D eigenvalue weighted by molar-refractivity contribution is 6.62. The summed E-state index contributed by atoms with van der Waals surface area (Å²) >= 11 is 0. The van der Waals surface area contributed by atoms with Gasteiger partial charge >= 0.3 is 14.2 Å². The molecule has 4 heterocycles. The molecule has 1 atom stereocenters. The molecule has 10 heteroatoms. The van der Waals surface area contributed by atoms with Crippen LogP contribution < -0.4 is 10.9 Å².